The van der Waals surface area contributed by atoms with Crippen molar-refractivity contribution in [2.45, 2.75) is 45.6 Å². The van der Waals surface area contributed by atoms with Crippen molar-refractivity contribution in [2.24, 2.45) is 11.8 Å². The third-order valence-electron chi connectivity index (χ3n) is 6.91. The van der Waals surface area contributed by atoms with E-state index >= 15 is 0 Å². The van der Waals surface area contributed by atoms with Crippen molar-refractivity contribution >= 4 is 42.6 Å². The fourth-order valence-corrected chi connectivity index (χ4v) is 7.93. The summed E-state index contributed by atoms with van der Waals surface area (Å²) in [5, 5.41) is 0.581. The molecule has 0 bridgehead atoms. The first-order valence-electron chi connectivity index (χ1n) is 12.8. The number of amides is 1. The Morgan fingerprint density at radius 1 is 1.05 bits per heavy atom. The lowest BCUT2D eigenvalue weighted by molar-refractivity contribution is 0.0984. The molecule has 2 atom stereocenters. The Morgan fingerprint density at radius 2 is 1.76 bits per heavy atom. The Kier molecular flexibility index (Phi) is 7.35. The molecule has 3 heterocycles. The number of piperidine rings is 1. The number of carbonyl (C=O) groups is 1. The number of fused-ring (bicyclic) bond motifs is 1. The summed E-state index contributed by atoms with van der Waals surface area (Å²) in [6.45, 7) is 9.53. The van der Waals surface area contributed by atoms with Gasteiger partial charge in [-0.05, 0) is 85.7 Å². The number of aryl methyl sites for hydroxylation is 2. The number of benzene rings is 2. The van der Waals surface area contributed by atoms with Gasteiger partial charge in [0.1, 0.15) is 0 Å². The fourth-order valence-electron chi connectivity index (χ4n) is 5.24. The molecule has 0 spiro atoms. The Hall–Kier alpha value is -3.14. The van der Waals surface area contributed by atoms with Gasteiger partial charge in [0, 0.05) is 24.8 Å². The molecule has 2 aromatic heterocycles. The number of hydrogen-bond donors (Lipinski definition) is 0. The first-order chi connectivity index (χ1) is 18.1. The van der Waals surface area contributed by atoms with E-state index in [1.807, 2.05) is 38.1 Å². The fraction of sp³-hybridized carbons (Fsp3) is 0.345. The van der Waals surface area contributed by atoms with E-state index in [2.05, 4.69) is 24.9 Å². The standard InChI is InChI=1S/C29H32N4O3S2/c1-19-14-22(4)27-26(15-19)31-29(37-27)33(18-24-7-5-6-12-30-24)28(34)23-8-10-25(11-9-23)38(35,36)32-16-20(2)13-21(3)17-32/h5-12,14-15,20-21H,13,16-18H2,1-4H3. The molecule has 0 radical (unpaired) electrons. The van der Waals surface area contributed by atoms with E-state index in [1.165, 1.54) is 23.5 Å². The van der Waals surface area contributed by atoms with Gasteiger partial charge in [0.25, 0.3) is 5.91 Å². The minimum atomic E-state index is -3.63. The molecule has 1 amide bonds. The molecule has 0 saturated carbocycles. The molecule has 198 valence electrons. The number of pyridine rings is 1. The second kappa shape index (κ2) is 10.6. The van der Waals surface area contributed by atoms with Crippen LogP contribution >= 0.6 is 11.3 Å². The van der Waals surface area contributed by atoms with Gasteiger partial charge in [0.15, 0.2) is 5.13 Å². The molecule has 2 unspecified atom stereocenters. The predicted molar refractivity (Wildman–Crippen MR) is 152 cm³/mol. The maximum Gasteiger partial charge on any atom is 0.260 e. The average molecular weight is 549 g/mol. The topological polar surface area (TPSA) is 83.5 Å². The first kappa shape index (κ1) is 26.5. The summed E-state index contributed by atoms with van der Waals surface area (Å²) in [5.41, 5.74) is 4.22. The summed E-state index contributed by atoms with van der Waals surface area (Å²) >= 11 is 1.47. The summed E-state index contributed by atoms with van der Waals surface area (Å²) < 4.78 is 29.3. The van der Waals surface area contributed by atoms with E-state index in [0.717, 1.165) is 33.5 Å². The van der Waals surface area contributed by atoms with E-state index in [-0.39, 0.29) is 17.3 Å². The summed E-state index contributed by atoms with van der Waals surface area (Å²) in [5.74, 6) is 0.375. The van der Waals surface area contributed by atoms with Crippen molar-refractivity contribution in [3.63, 3.8) is 0 Å². The second-order valence-electron chi connectivity index (χ2n) is 10.4. The molecular formula is C29H32N4O3S2. The van der Waals surface area contributed by atoms with Gasteiger partial charge in [-0.15, -0.1) is 0 Å². The lowest BCUT2D eigenvalue weighted by Gasteiger charge is -2.34. The monoisotopic (exact) mass is 548 g/mol. The van der Waals surface area contributed by atoms with Crippen LogP contribution in [-0.2, 0) is 16.6 Å². The Balaban J connectivity index is 1.47. The normalized spacial score (nSPS) is 18.5. The minimum absolute atomic E-state index is 0.206. The van der Waals surface area contributed by atoms with Crippen molar-refractivity contribution in [3.8, 4) is 0 Å². The molecule has 1 fully saturated rings. The van der Waals surface area contributed by atoms with Crippen LogP contribution in [0, 0.1) is 25.7 Å². The number of nitrogens with zero attached hydrogens (tertiary/aromatic N) is 4. The number of sulfonamides is 1. The number of aromatic nitrogens is 2. The SMILES string of the molecule is Cc1cc(C)c2sc(N(Cc3ccccn3)C(=O)c3ccc(S(=O)(=O)N4CC(C)CC(C)C4)cc3)nc2c1. The molecule has 9 heteroatoms. The molecule has 38 heavy (non-hydrogen) atoms. The zero-order chi connectivity index (χ0) is 27.0. The zero-order valence-electron chi connectivity index (χ0n) is 22.1. The first-order valence-corrected chi connectivity index (χ1v) is 15.1. The number of hydrogen-bond acceptors (Lipinski definition) is 6. The van der Waals surface area contributed by atoms with Crippen LogP contribution in [0.25, 0.3) is 10.2 Å². The highest BCUT2D eigenvalue weighted by Gasteiger charge is 2.32. The highest BCUT2D eigenvalue weighted by atomic mass is 32.2. The highest BCUT2D eigenvalue weighted by Crippen LogP contribution is 2.34. The van der Waals surface area contributed by atoms with Crippen molar-refractivity contribution in [1.29, 1.82) is 0 Å². The van der Waals surface area contributed by atoms with Crippen LogP contribution in [0.3, 0.4) is 0 Å². The van der Waals surface area contributed by atoms with Crippen LogP contribution in [0.15, 0.2) is 65.7 Å². The average Bonchev–Trinajstić information content (AvgIpc) is 3.31. The quantitative estimate of drug-likeness (QED) is 0.303. The maximum atomic E-state index is 13.8. The van der Waals surface area contributed by atoms with Crippen LogP contribution in [-0.4, -0.2) is 41.7 Å². The zero-order valence-corrected chi connectivity index (χ0v) is 23.7. The number of anilines is 1. The molecule has 4 aromatic rings. The van der Waals surface area contributed by atoms with Crippen LogP contribution in [0.4, 0.5) is 5.13 Å². The van der Waals surface area contributed by atoms with Gasteiger partial charge >= 0.3 is 0 Å². The predicted octanol–water partition coefficient (Wildman–Crippen LogP) is 5.82. The summed E-state index contributed by atoms with van der Waals surface area (Å²) in [6, 6.07) is 16.0. The second-order valence-corrected chi connectivity index (χ2v) is 13.3. The maximum absolute atomic E-state index is 13.8. The summed E-state index contributed by atoms with van der Waals surface area (Å²) in [7, 11) is -3.63. The molecule has 1 aliphatic heterocycles. The molecule has 7 nitrogen and oxygen atoms in total. The summed E-state index contributed by atoms with van der Waals surface area (Å²) in [4.78, 5) is 24.9. The van der Waals surface area contributed by atoms with Gasteiger partial charge in [-0.25, -0.2) is 13.4 Å². The number of thiazole rings is 1. The van der Waals surface area contributed by atoms with Gasteiger partial charge in [-0.3, -0.25) is 14.7 Å². The van der Waals surface area contributed by atoms with Gasteiger partial charge in [-0.2, -0.15) is 4.31 Å². The van der Waals surface area contributed by atoms with Crippen molar-refractivity contribution in [1.82, 2.24) is 14.3 Å². The van der Waals surface area contributed by atoms with E-state index in [1.54, 1.807) is 27.5 Å². The Bertz CT molecular complexity index is 1560. The van der Waals surface area contributed by atoms with E-state index in [9.17, 15) is 13.2 Å². The molecule has 0 N–H and O–H groups in total. The van der Waals surface area contributed by atoms with Gasteiger partial charge in [-0.1, -0.05) is 37.3 Å². The molecular weight excluding hydrogens is 516 g/mol. The number of carbonyl (C=O) groups excluding carboxylic acids is 1. The van der Waals surface area contributed by atoms with Gasteiger partial charge < -0.3 is 0 Å². The van der Waals surface area contributed by atoms with Gasteiger partial charge in [0.2, 0.25) is 10.0 Å². The highest BCUT2D eigenvalue weighted by molar-refractivity contribution is 7.89. The largest absolute Gasteiger partial charge is 0.278 e. The number of rotatable bonds is 6. The van der Waals surface area contributed by atoms with Crippen molar-refractivity contribution in [2.75, 3.05) is 18.0 Å². The van der Waals surface area contributed by atoms with Crippen LogP contribution < -0.4 is 4.90 Å². The Morgan fingerprint density at radius 3 is 2.42 bits per heavy atom. The van der Waals surface area contributed by atoms with Crippen LogP contribution in [0.2, 0.25) is 0 Å². The van der Waals surface area contributed by atoms with Crippen molar-refractivity contribution in [3.05, 3.63) is 83.2 Å². The Labute approximate surface area is 228 Å². The van der Waals surface area contributed by atoms with E-state index in [0.29, 0.717) is 35.6 Å². The smallest absolute Gasteiger partial charge is 0.260 e. The lowest BCUT2D eigenvalue weighted by Crippen LogP contribution is -2.42. The minimum Gasteiger partial charge on any atom is -0.278 e. The molecule has 2 aromatic carbocycles. The van der Waals surface area contributed by atoms with Crippen molar-refractivity contribution < 1.29 is 13.2 Å². The van der Waals surface area contributed by atoms with Gasteiger partial charge in [0.05, 0.1) is 27.4 Å². The van der Waals surface area contributed by atoms with E-state index < -0.39 is 10.0 Å². The molecule has 1 saturated heterocycles. The van der Waals surface area contributed by atoms with Crippen LogP contribution in [0.1, 0.15) is 47.4 Å². The van der Waals surface area contributed by atoms with Crippen LogP contribution in [0.5, 0.6) is 0 Å². The van der Waals surface area contributed by atoms with E-state index in [4.69, 9.17) is 4.98 Å². The summed E-state index contributed by atoms with van der Waals surface area (Å²) in [6.07, 6.45) is 2.72. The molecule has 1 aliphatic rings. The lowest BCUT2D eigenvalue weighted by atomic mass is 9.94. The third kappa shape index (κ3) is 5.36. The molecule has 0 aliphatic carbocycles. The third-order valence-corrected chi connectivity index (χ3v) is 9.98. The molecule has 5 rings (SSSR count).